The van der Waals surface area contributed by atoms with Gasteiger partial charge in [0, 0.05) is 32.7 Å². The number of halogens is 1. The molecule has 1 aromatic heterocycles. The molecule has 1 saturated heterocycles. The minimum Gasteiger partial charge on any atom is -0.369 e. The Labute approximate surface area is 146 Å². The van der Waals surface area contributed by atoms with Crippen LogP contribution in [0, 0.1) is 0 Å². The predicted octanol–water partition coefficient (Wildman–Crippen LogP) is 2.52. The highest BCUT2D eigenvalue weighted by molar-refractivity contribution is 6.33. The minimum atomic E-state index is -0.0196. The van der Waals surface area contributed by atoms with Crippen molar-refractivity contribution in [3.8, 4) is 0 Å². The van der Waals surface area contributed by atoms with Crippen molar-refractivity contribution >= 4 is 29.1 Å². The van der Waals surface area contributed by atoms with E-state index in [2.05, 4.69) is 20.4 Å². The Hall–Kier alpha value is -2.34. The van der Waals surface area contributed by atoms with Gasteiger partial charge in [0.25, 0.3) is 5.91 Å². The summed E-state index contributed by atoms with van der Waals surface area (Å²) in [5.41, 5.74) is 0.558. The average molecular weight is 346 g/mol. The molecule has 24 heavy (non-hydrogen) atoms. The molecular weight excluding hydrogens is 326 g/mol. The first-order valence-corrected chi connectivity index (χ1v) is 8.43. The molecule has 6 nitrogen and oxygen atoms in total. The number of carbonyl (C=O) groups excluding carboxylic acids is 1. The second kappa shape index (κ2) is 7.49. The van der Waals surface area contributed by atoms with E-state index < -0.39 is 0 Å². The van der Waals surface area contributed by atoms with Crippen molar-refractivity contribution in [2.45, 2.75) is 6.92 Å². The van der Waals surface area contributed by atoms with Crippen molar-refractivity contribution in [3.63, 3.8) is 0 Å². The van der Waals surface area contributed by atoms with Gasteiger partial charge in [-0.15, -0.1) is 10.2 Å². The summed E-state index contributed by atoms with van der Waals surface area (Å²) < 4.78 is 0. The van der Waals surface area contributed by atoms with Crippen LogP contribution in [0.4, 0.5) is 11.6 Å². The number of hydrogen-bond acceptors (Lipinski definition) is 5. The molecule has 126 valence electrons. The molecule has 1 aromatic carbocycles. The molecule has 1 fully saturated rings. The highest BCUT2D eigenvalue weighted by Crippen LogP contribution is 2.19. The van der Waals surface area contributed by atoms with Gasteiger partial charge in [-0.2, -0.15) is 0 Å². The van der Waals surface area contributed by atoms with Gasteiger partial charge >= 0.3 is 0 Å². The molecule has 1 amide bonds. The van der Waals surface area contributed by atoms with Crippen LogP contribution in [0.15, 0.2) is 36.4 Å². The van der Waals surface area contributed by atoms with Gasteiger partial charge in [0.2, 0.25) is 0 Å². The molecule has 0 spiro atoms. The molecule has 7 heteroatoms. The Bertz CT molecular complexity index is 698. The van der Waals surface area contributed by atoms with Gasteiger partial charge in [0.05, 0.1) is 10.6 Å². The molecule has 0 saturated carbocycles. The van der Waals surface area contributed by atoms with Gasteiger partial charge in [-0.05, 0) is 31.2 Å². The topological polar surface area (TPSA) is 61.4 Å². The molecule has 0 aliphatic carbocycles. The zero-order valence-electron chi connectivity index (χ0n) is 13.6. The largest absolute Gasteiger partial charge is 0.369 e. The van der Waals surface area contributed by atoms with Gasteiger partial charge in [0.1, 0.15) is 5.82 Å². The second-order valence-electron chi connectivity index (χ2n) is 5.57. The minimum absolute atomic E-state index is 0.0196. The van der Waals surface area contributed by atoms with E-state index in [-0.39, 0.29) is 5.91 Å². The fourth-order valence-electron chi connectivity index (χ4n) is 2.71. The first-order chi connectivity index (χ1) is 11.7. The molecule has 2 heterocycles. The maximum absolute atomic E-state index is 12.6. The summed E-state index contributed by atoms with van der Waals surface area (Å²) in [6.45, 7) is 5.57. The van der Waals surface area contributed by atoms with Crippen LogP contribution in [0.1, 0.15) is 17.3 Å². The molecule has 1 N–H and O–H groups in total. The maximum Gasteiger partial charge on any atom is 0.255 e. The van der Waals surface area contributed by atoms with Crippen LogP contribution in [0.3, 0.4) is 0 Å². The quantitative estimate of drug-likeness (QED) is 0.922. The monoisotopic (exact) mass is 345 g/mol. The number of piperazine rings is 1. The molecule has 1 aliphatic heterocycles. The average Bonchev–Trinajstić information content (AvgIpc) is 2.63. The fraction of sp³-hybridized carbons (Fsp3) is 0.353. The zero-order valence-corrected chi connectivity index (χ0v) is 14.3. The van der Waals surface area contributed by atoms with E-state index in [1.807, 2.05) is 36.1 Å². The summed E-state index contributed by atoms with van der Waals surface area (Å²) in [7, 11) is 0. The van der Waals surface area contributed by atoms with Gasteiger partial charge < -0.3 is 15.1 Å². The van der Waals surface area contributed by atoms with E-state index in [9.17, 15) is 4.79 Å². The third-order valence-corrected chi connectivity index (χ3v) is 4.33. The van der Waals surface area contributed by atoms with Crippen LogP contribution >= 0.6 is 11.6 Å². The number of anilines is 2. The summed E-state index contributed by atoms with van der Waals surface area (Å²) >= 11 is 6.12. The normalized spacial score (nSPS) is 14.6. The van der Waals surface area contributed by atoms with E-state index >= 15 is 0 Å². The molecule has 0 unspecified atom stereocenters. The van der Waals surface area contributed by atoms with Crippen molar-refractivity contribution in [1.82, 2.24) is 15.1 Å². The van der Waals surface area contributed by atoms with Crippen LogP contribution in [0.2, 0.25) is 5.02 Å². The summed E-state index contributed by atoms with van der Waals surface area (Å²) in [4.78, 5) is 16.5. The summed E-state index contributed by atoms with van der Waals surface area (Å²) in [5, 5.41) is 12.0. The third kappa shape index (κ3) is 3.59. The predicted molar refractivity (Wildman–Crippen MR) is 95.8 cm³/mol. The number of rotatable bonds is 4. The standard InChI is InChI=1S/C17H20ClN5O/c1-2-19-15-7-8-16(21-20-15)22-9-11-23(12-10-22)17(24)13-5-3-4-6-14(13)18/h3-8H,2,9-12H2,1H3,(H,19,20). The molecule has 2 aromatic rings. The third-order valence-electron chi connectivity index (χ3n) is 4.00. The molecule has 0 atom stereocenters. The Morgan fingerprint density at radius 2 is 1.88 bits per heavy atom. The first kappa shape index (κ1) is 16.5. The molecule has 3 rings (SSSR count). The highest BCUT2D eigenvalue weighted by atomic mass is 35.5. The molecule has 1 aliphatic rings. The molecule has 0 radical (unpaired) electrons. The van der Waals surface area contributed by atoms with Crippen LogP contribution in [0.5, 0.6) is 0 Å². The maximum atomic E-state index is 12.6. The number of carbonyl (C=O) groups is 1. The van der Waals surface area contributed by atoms with Crippen molar-refractivity contribution < 1.29 is 4.79 Å². The highest BCUT2D eigenvalue weighted by Gasteiger charge is 2.24. The SMILES string of the molecule is CCNc1ccc(N2CCN(C(=O)c3ccccc3Cl)CC2)nn1. The lowest BCUT2D eigenvalue weighted by molar-refractivity contribution is 0.0746. The zero-order chi connectivity index (χ0) is 16.9. The lowest BCUT2D eigenvalue weighted by atomic mass is 10.2. The lowest BCUT2D eigenvalue weighted by Gasteiger charge is -2.35. The van der Waals surface area contributed by atoms with Gasteiger partial charge in [0.15, 0.2) is 5.82 Å². The van der Waals surface area contributed by atoms with Crippen molar-refractivity contribution in [2.24, 2.45) is 0 Å². The lowest BCUT2D eigenvalue weighted by Crippen LogP contribution is -2.49. The van der Waals surface area contributed by atoms with E-state index in [4.69, 9.17) is 11.6 Å². The van der Waals surface area contributed by atoms with Crippen LogP contribution in [-0.4, -0.2) is 53.7 Å². The summed E-state index contributed by atoms with van der Waals surface area (Å²) in [5.74, 6) is 1.59. The number of benzene rings is 1. The van der Waals surface area contributed by atoms with Crippen molar-refractivity contribution in [3.05, 3.63) is 47.0 Å². The second-order valence-corrected chi connectivity index (χ2v) is 5.97. The van der Waals surface area contributed by atoms with Crippen LogP contribution in [0.25, 0.3) is 0 Å². The van der Waals surface area contributed by atoms with E-state index in [0.29, 0.717) is 23.7 Å². The summed E-state index contributed by atoms with van der Waals surface area (Å²) in [6.07, 6.45) is 0. The Morgan fingerprint density at radius 3 is 2.50 bits per heavy atom. The number of amides is 1. The van der Waals surface area contributed by atoms with E-state index in [0.717, 1.165) is 31.3 Å². The van der Waals surface area contributed by atoms with E-state index in [1.54, 1.807) is 12.1 Å². The van der Waals surface area contributed by atoms with Gasteiger partial charge in [-0.3, -0.25) is 4.79 Å². The smallest absolute Gasteiger partial charge is 0.255 e. The Balaban J connectivity index is 1.61. The van der Waals surface area contributed by atoms with Crippen LogP contribution in [-0.2, 0) is 0 Å². The van der Waals surface area contributed by atoms with E-state index in [1.165, 1.54) is 0 Å². The number of nitrogens with zero attached hydrogens (tertiary/aromatic N) is 4. The van der Waals surface area contributed by atoms with Crippen LogP contribution < -0.4 is 10.2 Å². The van der Waals surface area contributed by atoms with Crippen molar-refractivity contribution in [2.75, 3.05) is 42.9 Å². The fourth-order valence-corrected chi connectivity index (χ4v) is 2.93. The van der Waals surface area contributed by atoms with Gasteiger partial charge in [-0.25, -0.2) is 0 Å². The number of hydrogen-bond donors (Lipinski definition) is 1. The first-order valence-electron chi connectivity index (χ1n) is 8.05. The number of nitrogens with one attached hydrogen (secondary N) is 1. The Morgan fingerprint density at radius 1 is 1.12 bits per heavy atom. The van der Waals surface area contributed by atoms with Crippen molar-refractivity contribution in [1.29, 1.82) is 0 Å². The molecule has 0 bridgehead atoms. The molecular formula is C17H20ClN5O. The number of aromatic nitrogens is 2. The van der Waals surface area contributed by atoms with Gasteiger partial charge in [-0.1, -0.05) is 23.7 Å². The Kier molecular flexibility index (Phi) is 5.15. The summed E-state index contributed by atoms with van der Waals surface area (Å²) in [6, 6.07) is 11.0.